The molecule has 0 unspecified atom stereocenters. The highest BCUT2D eigenvalue weighted by molar-refractivity contribution is 14.0. The smallest absolute Gasteiger partial charge is 0.266 e. The quantitative estimate of drug-likeness (QED) is 0.211. The van der Waals surface area contributed by atoms with Gasteiger partial charge in [-0.2, -0.15) is 8.42 Å². The summed E-state index contributed by atoms with van der Waals surface area (Å²) in [6.45, 7) is 2.52. The molecule has 134 valence electrons. The van der Waals surface area contributed by atoms with Crippen LogP contribution in [0.3, 0.4) is 0 Å². The van der Waals surface area contributed by atoms with E-state index in [1.807, 2.05) is 0 Å². The van der Waals surface area contributed by atoms with Gasteiger partial charge in [0.25, 0.3) is 10.1 Å². The van der Waals surface area contributed by atoms with Gasteiger partial charge in [0, 0.05) is 0 Å². The van der Waals surface area contributed by atoms with Gasteiger partial charge in [-0.15, -0.1) is 24.0 Å². The maximum atomic E-state index is 11.9. The SMILES string of the molecule is CCCCCCCCCCCCOS(=O)(=O)c1ccccc1.I. The van der Waals surface area contributed by atoms with E-state index in [0.29, 0.717) is 0 Å². The molecule has 0 aliphatic rings. The number of rotatable bonds is 13. The van der Waals surface area contributed by atoms with E-state index < -0.39 is 10.1 Å². The van der Waals surface area contributed by atoms with Crippen LogP contribution in [0.5, 0.6) is 0 Å². The summed E-state index contributed by atoms with van der Waals surface area (Å²) in [6.07, 6.45) is 12.3. The van der Waals surface area contributed by atoms with Crippen LogP contribution in [0, 0.1) is 0 Å². The van der Waals surface area contributed by atoms with Crippen molar-refractivity contribution in [3.63, 3.8) is 0 Å². The molecule has 0 N–H and O–H groups in total. The van der Waals surface area contributed by atoms with Crippen molar-refractivity contribution < 1.29 is 12.6 Å². The Kier molecular flexibility index (Phi) is 14.1. The zero-order chi connectivity index (χ0) is 16.1. The molecule has 0 radical (unpaired) electrons. The predicted molar refractivity (Wildman–Crippen MR) is 107 cm³/mol. The van der Waals surface area contributed by atoms with E-state index in [1.54, 1.807) is 30.3 Å². The fourth-order valence-electron chi connectivity index (χ4n) is 2.41. The van der Waals surface area contributed by atoms with E-state index in [1.165, 1.54) is 51.4 Å². The minimum absolute atomic E-state index is 0. The molecule has 0 bridgehead atoms. The zero-order valence-corrected chi connectivity index (χ0v) is 17.4. The Hall–Kier alpha value is -0.140. The summed E-state index contributed by atoms with van der Waals surface area (Å²) in [7, 11) is -3.57. The monoisotopic (exact) mass is 454 g/mol. The van der Waals surface area contributed by atoms with Crippen LogP contribution in [0.2, 0.25) is 0 Å². The van der Waals surface area contributed by atoms with Gasteiger partial charge in [-0.3, -0.25) is 4.18 Å². The molecule has 0 aromatic heterocycles. The van der Waals surface area contributed by atoms with Gasteiger partial charge in [0.05, 0.1) is 11.5 Å². The third-order valence-electron chi connectivity index (χ3n) is 3.77. The van der Waals surface area contributed by atoms with Crippen molar-refractivity contribution in [1.82, 2.24) is 0 Å². The van der Waals surface area contributed by atoms with Crippen molar-refractivity contribution in [2.45, 2.75) is 76.0 Å². The van der Waals surface area contributed by atoms with Crippen molar-refractivity contribution in [2.75, 3.05) is 6.61 Å². The van der Waals surface area contributed by atoms with Gasteiger partial charge in [-0.1, -0.05) is 82.9 Å². The van der Waals surface area contributed by atoms with Gasteiger partial charge in [0.1, 0.15) is 0 Å². The second-order valence-corrected chi connectivity index (χ2v) is 7.39. The molecule has 5 heteroatoms. The van der Waals surface area contributed by atoms with Crippen LogP contribution in [-0.4, -0.2) is 15.0 Å². The largest absolute Gasteiger partial charge is 0.296 e. The zero-order valence-electron chi connectivity index (χ0n) is 14.2. The van der Waals surface area contributed by atoms with E-state index in [9.17, 15) is 8.42 Å². The lowest BCUT2D eigenvalue weighted by molar-refractivity contribution is 0.306. The van der Waals surface area contributed by atoms with Crippen molar-refractivity contribution >= 4 is 34.1 Å². The molecule has 1 aromatic rings. The number of halogens is 1. The van der Waals surface area contributed by atoms with Crippen LogP contribution in [0.15, 0.2) is 35.2 Å². The summed E-state index contributed by atoms with van der Waals surface area (Å²) < 4.78 is 28.8. The van der Waals surface area contributed by atoms with Crippen molar-refractivity contribution in [3.8, 4) is 0 Å². The Labute approximate surface area is 159 Å². The first kappa shape index (κ1) is 22.9. The summed E-state index contributed by atoms with van der Waals surface area (Å²) in [4.78, 5) is 0.238. The third-order valence-corrected chi connectivity index (χ3v) is 5.09. The molecule has 3 nitrogen and oxygen atoms in total. The lowest BCUT2D eigenvalue weighted by Crippen LogP contribution is -2.07. The molecular weight excluding hydrogens is 423 g/mol. The molecule has 1 rings (SSSR count). The third kappa shape index (κ3) is 11.1. The van der Waals surface area contributed by atoms with Gasteiger partial charge in [-0.25, -0.2) is 0 Å². The van der Waals surface area contributed by atoms with E-state index in [0.717, 1.165) is 12.8 Å². The normalized spacial score (nSPS) is 11.2. The fourth-order valence-corrected chi connectivity index (χ4v) is 3.38. The molecule has 0 spiro atoms. The number of unbranched alkanes of at least 4 members (excludes halogenated alkanes) is 9. The number of hydrogen-bond donors (Lipinski definition) is 0. The fraction of sp³-hybridized carbons (Fsp3) is 0.667. The topological polar surface area (TPSA) is 43.4 Å². The Morgan fingerprint density at radius 1 is 0.783 bits per heavy atom. The molecular formula is C18H31IO3S. The van der Waals surface area contributed by atoms with Gasteiger partial charge in [-0.05, 0) is 18.6 Å². The summed E-state index contributed by atoms with van der Waals surface area (Å²) in [6, 6.07) is 8.33. The molecule has 0 saturated carbocycles. The summed E-state index contributed by atoms with van der Waals surface area (Å²) >= 11 is 0. The molecule has 23 heavy (non-hydrogen) atoms. The van der Waals surface area contributed by atoms with Gasteiger partial charge in [0.2, 0.25) is 0 Å². The Morgan fingerprint density at radius 2 is 1.26 bits per heavy atom. The van der Waals surface area contributed by atoms with E-state index >= 15 is 0 Å². The second-order valence-electron chi connectivity index (χ2n) is 5.77. The molecule has 0 amide bonds. The summed E-state index contributed by atoms with van der Waals surface area (Å²) in [5, 5.41) is 0. The van der Waals surface area contributed by atoms with Crippen LogP contribution >= 0.6 is 24.0 Å². The first-order valence-electron chi connectivity index (χ1n) is 8.61. The Bertz CT molecular complexity index is 474. The highest BCUT2D eigenvalue weighted by Crippen LogP contribution is 2.13. The molecule has 0 aliphatic heterocycles. The predicted octanol–water partition coefficient (Wildman–Crippen LogP) is 5.93. The van der Waals surface area contributed by atoms with Crippen molar-refractivity contribution in [2.24, 2.45) is 0 Å². The lowest BCUT2D eigenvalue weighted by Gasteiger charge is -2.05. The molecule has 0 fully saturated rings. The van der Waals surface area contributed by atoms with Crippen LogP contribution in [0.4, 0.5) is 0 Å². The van der Waals surface area contributed by atoms with Crippen LogP contribution in [-0.2, 0) is 14.3 Å². The summed E-state index contributed by atoms with van der Waals surface area (Å²) in [5.74, 6) is 0. The van der Waals surface area contributed by atoms with Crippen molar-refractivity contribution in [3.05, 3.63) is 30.3 Å². The molecule has 1 aromatic carbocycles. The lowest BCUT2D eigenvalue weighted by atomic mass is 10.1. The first-order valence-corrected chi connectivity index (χ1v) is 10.0. The molecule has 0 aliphatic carbocycles. The minimum atomic E-state index is -3.57. The first-order chi connectivity index (χ1) is 10.7. The standard InChI is InChI=1S/C18H30O3S.HI/c1-2-3-4-5-6-7-8-9-10-14-17-21-22(19,20)18-15-12-11-13-16-18;/h11-13,15-16H,2-10,14,17H2,1H3;1H. The average Bonchev–Trinajstić information content (AvgIpc) is 2.53. The summed E-state index contributed by atoms with van der Waals surface area (Å²) in [5.41, 5.74) is 0. The van der Waals surface area contributed by atoms with Crippen LogP contribution < -0.4 is 0 Å². The highest BCUT2D eigenvalue weighted by Gasteiger charge is 2.13. The average molecular weight is 454 g/mol. The number of hydrogen-bond acceptors (Lipinski definition) is 3. The molecule has 0 atom stereocenters. The minimum Gasteiger partial charge on any atom is -0.266 e. The molecule has 0 saturated heterocycles. The second kappa shape index (κ2) is 14.2. The Balaban J connectivity index is 0.00000484. The number of benzene rings is 1. The van der Waals surface area contributed by atoms with Crippen molar-refractivity contribution in [1.29, 1.82) is 0 Å². The van der Waals surface area contributed by atoms with E-state index in [2.05, 4.69) is 6.92 Å². The van der Waals surface area contributed by atoms with Gasteiger partial charge < -0.3 is 0 Å². The maximum absolute atomic E-state index is 11.9. The van der Waals surface area contributed by atoms with Gasteiger partial charge >= 0.3 is 0 Å². The van der Waals surface area contributed by atoms with Crippen LogP contribution in [0.25, 0.3) is 0 Å². The maximum Gasteiger partial charge on any atom is 0.296 e. The van der Waals surface area contributed by atoms with Crippen LogP contribution in [0.1, 0.15) is 71.1 Å². The Morgan fingerprint density at radius 3 is 1.78 bits per heavy atom. The van der Waals surface area contributed by atoms with E-state index in [-0.39, 0.29) is 35.5 Å². The molecule has 0 heterocycles. The highest BCUT2D eigenvalue weighted by atomic mass is 127. The van der Waals surface area contributed by atoms with Gasteiger partial charge in [0.15, 0.2) is 0 Å². The van der Waals surface area contributed by atoms with E-state index in [4.69, 9.17) is 4.18 Å².